The predicted octanol–water partition coefficient (Wildman–Crippen LogP) is 1.63. The molecule has 4 nitrogen and oxygen atoms in total. The van der Waals surface area contributed by atoms with Crippen molar-refractivity contribution in [3.63, 3.8) is 0 Å². The van der Waals surface area contributed by atoms with Crippen molar-refractivity contribution in [2.24, 2.45) is 0 Å². The number of H-pyrrole nitrogens is 1. The van der Waals surface area contributed by atoms with E-state index in [0.29, 0.717) is 12.2 Å². The van der Waals surface area contributed by atoms with Crippen LogP contribution in [0.25, 0.3) is 0 Å². The van der Waals surface area contributed by atoms with Crippen LogP contribution in [0, 0.1) is 0 Å². The summed E-state index contributed by atoms with van der Waals surface area (Å²) in [6, 6.07) is 0.263. The number of nitrogens with one attached hydrogen (secondary N) is 2. The molecule has 2 N–H and O–H groups in total. The van der Waals surface area contributed by atoms with Crippen molar-refractivity contribution >= 4 is 0 Å². The normalized spacial score (nSPS) is 28.1. The Kier molecular flexibility index (Phi) is 3.38. The van der Waals surface area contributed by atoms with E-state index < -0.39 is 0 Å². The van der Waals surface area contributed by atoms with Crippen LogP contribution in [-0.2, 0) is 4.74 Å². The van der Waals surface area contributed by atoms with E-state index in [1.807, 2.05) is 6.20 Å². The molecule has 0 amide bonds. The lowest BCUT2D eigenvalue weighted by molar-refractivity contribution is 0.0545. The van der Waals surface area contributed by atoms with E-state index in [0.717, 1.165) is 12.4 Å². The second kappa shape index (κ2) is 4.77. The molecule has 1 saturated heterocycles. The second-order valence-corrected chi connectivity index (χ2v) is 4.25. The Balaban J connectivity index is 1.74. The van der Waals surface area contributed by atoms with Gasteiger partial charge in [0.15, 0.2) is 0 Å². The molecule has 0 aliphatic carbocycles. The first-order chi connectivity index (χ1) is 7.25. The van der Waals surface area contributed by atoms with Crippen molar-refractivity contribution in [2.75, 3.05) is 6.54 Å². The molecular weight excluding hydrogens is 190 g/mol. The third-order valence-corrected chi connectivity index (χ3v) is 2.90. The van der Waals surface area contributed by atoms with Crippen molar-refractivity contribution in [2.45, 2.75) is 44.9 Å². The number of nitrogens with zero attached hydrogens (tertiary/aromatic N) is 1. The first kappa shape index (κ1) is 10.6. The molecule has 3 unspecified atom stereocenters. The minimum absolute atomic E-state index is 0.263. The van der Waals surface area contributed by atoms with Gasteiger partial charge in [-0.25, -0.2) is 4.98 Å². The van der Waals surface area contributed by atoms with Gasteiger partial charge in [0, 0.05) is 18.9 Å². The highest BCUT2D eigenvalue weighted by Gasteiger charge is 2.22. The predicted molar refractivity (Wildman–Crippen MR) is 58.6 cm³/mol. The maximum Gasteiger partial charge on any atom is 0.122 e. The standard InChI is InChI=1S/C11H19N3O/c1-8-3-4-10(15-8)7-14-9(2)11-12-5-6-13-11/h5-6,8-10,14H,3-4,7H2,1-2H3,(H,12,13). The zero-order valence-electron chi connectivity index (χ0n) is 9.36. The van der Waals surface area contributed by atoms with Crippen molar-refractivity contribution < 1.29 is 4.74 Å². The third-order valence-electron chi connectivity index (χ3n) is 2.90. The van der Waals surface area contributed by atoms with Gasteiger partial charge < -0.3 is 15.0 Å². The van der Waals surface area contributed by atoms with E-state index in [4.69, 9.17) is 4.74 Å². The van der Waals surface area contributed by atoms with Gasteiger partial charge in [0.2, 0.25) is 0 Å². The summed E-state index contributed by atoms with van der Waals surface area (Å²) >= 11 is 0. The van der Waals surface area contributed by atoms with Crippen LogP contribution in [0.15, 0.2) is 12.4 Å². The van der Waals surface area contributed by atoms with E-state index in [1.165, 1.54) is 12.8 Å². The van der Waals surface area contributed by atoms with Gasteiger partial charge in [0.25, 0.3) is 0 Å². The fourth-order valence-corrected chi connectivity index (χ4v) is 1.95. The number of ether oxygens (including phenoxy) is 1. The minimum atomic E-state index is 0.263. The first-order valence-corrected chi connectivity index (χ1v) is 5.64. The highest BCUT2D eigenvalue weighted by molar-refractivity contribution is 4.93. The molecule has 1 aromatic heterocycles. The molecule has 1 aromatic rings. The van der Waals surface area contributed by atoms with Crippen molar-refractivity contribution in [1.82, 2.24) is 15.3 Å². The molecule has 2 rings (SSSR count). The lowest BCUT2D eigenvalue weighted by Gasteiger charge is -2.15. The Hall–Kier alpha value is -0.870. The fraction of sp³-hybridized carbons (Fsp3) is 0.727. The maximum absolute atomic E-state index is 5.74. The molecular formula is C11H19N3O. The smallest absolute Gasteiger partial charge is 0.122 e. The molecule has 0 spiro atoms. The van der Waals surface area contributed by atoms with E-state index in [1.54, 1.807) is 6.20 Å². The molecule has 1 fully saturated rings. The Labute approximate surface area is 90.4 Å². The molecule has 2 heterocycles. The summed E-state index contributed by atoms with van der Waals surface area (Å²) in [6.07, 6.45) is 6.78. The molecule has 0 bridgehead atoms. The van der Waals surface area contributed by atoms with Gasteiger partial charge in [-0.15, -0.1) is 0 Å². The summed E-state index contributed by atoms with van der Waals surface area (Å²) < 4.78 is 5.74. The molecule has 1 aliphatic heterocycles. The lowest BCUT2D eigenvalue weighted by atomic mass is 10.2. The monoisotopic (exact) mass is 209 g/mol. The average molecular weight is 209 g/mol. The summed E-state index contributed by atoms with van der Waals surface area (Å²) in [7, 11) is 0. The van der Waals surface area contributed by atoms with Crippen molar-refractivity contribution in [3.05, 3.63) is 18.2 Å². The summed E-state index contributed by atoms with van der Waals surface area (Å²) in [4.78, 5) is 7.32. The molecule has 0 saturated carbocycles. The summed E-state index contributed by atoms with van der Waals surface area (Å²) in [5.41, 5.74) is 0. The topological polar surface area (TPSA) is 49.9 Å². The van der Waals surface area contributed by atoms with Crippen LogP contribution in [0.2, 0.25) is 0 Å². The fourth-order valence-electron chi connectivity index (χ4n) is 1.95. The van der Waals surface area contributed by atoms with Crippen LogP contribution in [0.1, 0.15) is 38.6 Å². The Bertz CT molecular complexity index is 286. The van der Waals surface area contributed by atoms with Gasteiger partial charge in [-0.1, -0.05) is 0 Å². The van der Waals surface area contributed by atoms with Crippen LogP contribution in [-0.4, -0.2) is 28.7 Å². The van der Waals surface area contributed by atoms with Crippen LogP contribution in [0.5, 0.6) is 0 Å². The van der Waals surface area contributed by atoms with E-state index in [9.17, 15) is 0 Å². The lowest BCUT2D eigenvalue weighted by Crippen LogP contribution is -2.29. The van der Waals surface area contributed by atoms with Gasteiger partial charge in [-0.05, 0) is 26.7 Å². The quantitative estimate of drug-likeness (QED) is 0.792. The highest BCUT2D eigenvalue weighted by Crippen LogP contribution is 2.19. The largest absolute Gasteiger partial charge is 0.374 e. The number of hydrogen-bond acceptors (Lipinski definition) is 3. The molecule has 3 atom stereocenters. The van der Waals surface area contributed by atoms with Gasteiger partial charge >= 0.3 is 0 Å². The molecule has 84 valence electrons. The van der Waals surface area contributed by atoms with E-state index in [-0.39, 0.29) is 6.04 Å². The zero-order chi connectivity index (χ0) is 10.7. The number of rotatable bonds is 4. The molecule has 0 aromatic carbocycles. The molecule has 15 heavy (non-hydrogen) atoms. The average Bonchev–Trinajstić information content (AvgIpc) is 2.84. The first-order valence-electron chi connectivity index (χ1n) is 5.64. The summed E-state index contributed by atoms with van der Waals surface area (Å²) in [5.74, 6) is 0.987. The van der Waals surface area contributed by atoms with Gasteiger partial charge in [0.05, 0.1) is 18.2 Å². The minimum Gasteiger partial charge on any atom is -0.374 e. The second-order valence-electron chi connectivity index (χ2n) is 4.25. The van der Waals surface area contributed by atoms with Crippen LogP contribution >= 0.6 is 0 Å². The molecule has 0 radical (unpaired) electrons. The zero-order valence-corrected chi connectivity index (χ0v) is 9.36. The van der Waals surface area contributed by atoms with Crippen LogP contribution in [0.4, 0.5) is 0 Å². The maximum atomic E-state index is 5.74. The summed E-state index contributed by atoms with van der Waals surface area (Å²) in [5, 5.41) is 3.43. The Morgan fingerprint density at radius 2 is 2.53 bits per heavy atom. The third kappa shape index (κ3) is 2.79. The highest BCUT2D eigenvalue weighted by atomic mass is 16.5. The van der Waals surface area contributed by atoms with E-state index in [2.05, 4.69) is 29.1 Å². The van der Waals surface area contributed by atoms with Crippen LogP contribution < -0.4 is 5.32 Å². The van der Waals surface area contributed by atoms with Gasteiger partial charge in [0.1, 0.15) is 5.82 Å². The van der Waals surface area contributed by atoms with Crippen molar-refractivity contribution in [1.29, 1.82) is 0 Å². The number of aromatic amines is 1. The number of aromatic nitrogens is 2. The van der Waals surface area contributed by atoms with Crippen molar-refractivity contribution in [3.8, 4) is 0 Å². The van der Waals surface area contributed by atoms with Gasteiger partial charge in [-0.2, -0.15) is 0 Å². The molecule has 1 aliphatic rings. The number of imidazole rings is 1. The van der Waals surface area contributed by atoms with Gasteiger partial charge in [-0.3, -0.25) is 0 Å². The summed E-state index contributed by atoms with van der Waals surface area (Å²) in [6.45, 7) is 5.15. The Morgan fingerprint density at radius 1 is 1.67 bits per heavy atom. The SMILES string of the molecule is CC1CCC(CNC(C)c2ncc[nH]2)O1. The Morgan fingerprint density at radius 3 is 3.13 bits per heavy atom. The van der Waals surface area contributed by atoms with E-state index >= 15 is 0 Å². The number of hydrogen-bond donors (Lipinski definition) is 2. The molecule has 4 heteroatoms. The van der Waals surface area contributed by atoms with Crippen LogP contribution in [0.3, 0.4) is 0 Å².